The van der Waals surface area contributed by atoms with Crippen LogP contribution in [0.25, 0.3) is 0 Å². The van der Waals surface area contributed by atoms with Gasteiger partial charge in [-0.15, -0.1) is 5.10 Å². The van der Waals surface area contributed by atoms with Crippen LogP contribution in [0, 0.1) is 11.3 Å². The van der Waals surface area contributed by atoms with Crippen LogP contribution in [-0.2, 0) is 6.54 Å². The van der Waals surface area contributed by atoms with Crippen molar-refractivity contribution in [1.29, 1.82) is 5.26 Å². The fourth-order valence-electron chi connectivity index (χ4n) is 0.707. The lowest BCUT2D eigenvalue weighted by molar-refractivity contribution is 0.582. The third-order valence-electron chi connectivity index (χ3n) is 1.23. The minimum absolute atomic E-state index is 0.210. The van der Waals surface area contributed by atoms with Gasteiger partial charge in [0.05, 0.1) is 0 Å². The van der Waals surface area contributed by atoms with Crippen molar-refractivity contribution < 1.29 is 0 Å². The number of nitriles is 1. The average molecular weight is 151 g/mol. The molecule has 0 bridgehead atoms. The molecule has 0 fully saturated rings. The molecule has 5 nitrogen and oxygen atoms in total. The Labute approximate surface area is 64.5 Å². The molecule has 58 valence electrons. The summed E-state index contributed by atoms with van der Waals surface area (Å²) in [5.74, 6) is 0.210. The van der Waals surface area contributed by atoms with Crippen LogP contribution in [-0.4, -0.2) is 21.3 Å². The van der Waals surface area contributed by atoms with E-state index in [9.17, 15) is 0 Å². The second kappa shape index (κ2) is 3.68. The van der Waals surface area contributed by atoms with Gasteiger partial charge < -0.3 is 5.73 Å². The molecule has 5 heteroatoms. The van der Waals surface area contributed by atoms with E-state index >= 15 is 0 Å². The van der Waals surface area contributed by atoms with Gasteiger partial charge in [0.1, 0.15) is 12.4 Å². The molecule has 0 aliphatic carbocycles. The van der Waals surface area contributed by atoms with Gasteiger partial charge in [0, 0.05) is 6.54 Å². The van der Waals surface area contributed by atoms with Gasteiger partial charge in [-0.3, -0.25) is 4.68 Å². The van der Waals surface area contributed by atoms with E-state index in [1.807, 2.05) is 6.07 Å². The van der Waals surface area contributed by atoms with Crippen LogP contribution in [0.1, 0.15) is 12.2 Å². The first-order valence-corrected chi connectivity index (χ1v) is 3.36. The molecule has 1 aromatic rings. The molecular weight excluding hydrogens is 142 g/mol. The monoisotopic (exact) mass is 151 g/mol. The van der Waals surface area contributed by atoms with Crippen molar-refractivity contribution in [2.45, 2.75) is 13.0 Å². The van der Waals surface area contributed by atoms with Gasteiger partial charge in [0.15, 0.2) is 0 Å². The van der Waals surface area contributed by atoms with Crippen LogP contribution in [0.15, 0.2) is 6.33 Å². The lowest BCUT2D eigenvalue weighted by Gasteiger charge is -1.94. The van der Waals surface area contributed by atoms with Crippen LogP contribution < -0.4 is 5.73 Å². The molecule has 0 aliphatic rings. The Balaban J connectivity index is 2.53. The van der Waals surface area contributed by atoms with Gasteiger partial charge in [-0.25, -0.2) is 4.98 Å². The summed E-state index contributed by atoms with van der Waals surface area (Å²) >= 11 is 0. The van der Waals surface area contributed by atoms with Crippen LogP contribution in [0.4, 0.5) is 0 Å². The van der Waals surface area contributed by atoms with E-state index in [0.717, 1.165) is 13.0 Å². The van der Waals surface area contributed by atoms with E-state index in [1.54, 1.807) is 4.68 Å². The highest BCUT2D eigenvalue weighted by Gasteiger charge is 1.96. The Bertz CT molecular complexity index is 258. The van der Waals surface area contributed by atoms with Crippen molar-refractivity contribution in [3.63, 3.8) is 0 Å². The Morgan fingerprint density at radius 1 is 1.73 bits per heavy atom. The summed E-state index contributed by atoms with van der Waals surface area (Å²) in [5, 5.41) is 12.2. The summed E-state index contributed by atoms with van der Waals surface area (Å²) in [6.07, 6.45) is 2.39. The number of hydrogen-bond donors (Lipinski definition) is 1. The van der Waals surface area contributed by atoms with Crippen LogP contribution in [0.2, 0.25) is 0 Å². The number of rotatable bonds is 3. The minimum atomic E-state index is 0.210. The van der Waals surface area contributed by atoms with E-state index in [2.05, 4.69) is 10.1 Å². The molecule has 1 aromatic heterocycles. The molecule has 0 aromatic carbocycles. The first-order chi connectivity index (χ1) is 5.36. The topological polar surface area (TPSA) is 80.5 Å². The molecule has 1 heterocycles. The Kier molecular flexibility index (Phi) is 2.58. The predicted molar refractivity (Wildman–Crippen MR) is 38.4 cm³/mol. The molecule has 0 aliphatic heterocycles. The second-order valence-corrected chi connectivity index (χ2v) is 2.09. The molecule has 0 unspecified atom stereocenters. The summed E-state index contributed by atoms with van der Waals surface area (Å²) in [4.78, 5) is 3.74. The van der Waals surface area contributed by atoms with Crippen molar-refractivity contribution in [3.05, 3.63) is 12.2 Å². The second-order valence-electron chi connectivity index (χ2n) is 2.09. The summed E-state index contributed by atoms with van der Waals surface area (Å²) < 4.78 is 1.62. The average Bonchev–Trinajstić information content (AvgIpc) is 2.48. The highest BCUT2D eigenvalue weighted by molar-refractivity contribution is 5.05. The Morgan fingerprint density at radius 2 is 2.55 bits per heavy atom. The van der Waals surface area contributed by atoms with Gasteiger partial charge in [-0.2, -0.15) is 5.26 Å². The van der Waals surface area contributed by atoms with E-state index in [0.29, 0.717) is 6.54 Å². The van der Waals surface area contributed by atoms with Gasteiger partial charge in [0.25, 0.3) is 5.82 Å². The molecule has 2 N–H and O–H groups in total. The predicted octanol–water partition coefficient (Wildman–Crippen LogP) is -0.501. The van der Waals surface area contributed by atoms with Crippen molar-refractivity contribution in [2.75, 3.05) is 6.54 Å². The summed E-state index contributed by atoms with van der Waals surface area (Å²) in [5.41, 5.74) is 5.29. The van der Waals surface area contributed by atoms with Gasteiger partial charge >= 0.3 is 0 Å². The Hall–Kier alpha value is -1.41. The zero-order chi connectivity index (χ0) is 8.10. The SMILES string of the molecule is N#Cc1ncn(CCCN)n1. The first kappa shape index (κ1) is 7.69. The van der Waals surface area contributed by atoms with Crippen molar-refractivity contribution >= 4 is 0 Å². The number of nitrogens with two attached hydrogens (primary N) is 1. The lowest BCUT2D eigenvalue weighted by Crippen LogP contribution is -2.06. The number of nitrogens with zero attached hydrogens (tertiary/aromatic N) is 4. The molecule has 0 spiro atoms. The van der Waals surface area contributed by atoms with Gasteiger partial charge in [-0.1, -0.05) is 0 Å². The third-order valence-corrected chi connectivity index (χ3v) is 1.23. The first-order valence-electron chi connectivity index (χ1n) is 3.36. The van der Waals surface area contributed by atoms with Crippen molar-refractivity contribution in [2.24, 2.45) is 5.73 Å². The fourth-order valence-corrected chi connectivity index (χ4v) is 0.707. The van der Waals surface area contributed by atoms with Crippen molar-refractivity contribution in [1.82, 2.24) is 14.8 Å². The molecule has 1 rings (SSSR count). The quantitative estimate of drug-likeness (QED) is 0.631. The number of aryl methyl sites for hydroxylation is 1. The molecule has 0 radical (unpaired) electrons. The van der Waals surface area contributed by atoms with Gasteiger partial charge in [-0.05, 0) is 13.0 Å². The lowest BCUT2D eigenvalue weighted by atomic mass is 10.4. The van der Waals surface area contributed by atoms with E-state index in [1.165, 1.54) is 6.33 Å². The van der Waals surface area contributed by atoms with Gasteiger partial charge in [0.2, 0.25) is 0 Å². The summed E-state index contributed by atoms with van der Waals surface area (Å²) in [6.45, 7) is 1.35. The van der Waals surface area contributed by atoms with Crippen LogP contribution in [0.3, 0.4) is 0 Å². The summed E-state index contributed by atoms with van der Waals surface area (Å²) in [7, 11) is 0. The maximum absolute atomic E-state index is 8.36. The normalized spacial score (nSPS) is 9.45. The Morgan fingerprint density at radius 3 is 3.09 bits per heavy atom. The fraction of sp³-hybridized carbons (Fsp3) is 0.500. The largest absolute Gasteiger partial charge is 0.330 e. The number of aromatic nitrogens is 3. The van der Waals surface area contributed by atoms with Crippen LogP contribution >= 0.6 is 0 Å². The molecular formula is C6H9N5. The molecule has 0 saturated heterocycles. The minimum Gasteiger partial charge on any atom is -0.330 e. The standard InChI is InChI=1S/C6H9N5/c7-2-1-3-11-5-9-6(4-8)10-11/h5H,1-3,7H2. The van der Waals surface area contributed by atoms with Crippen LogP contribution in [0.5, 0.6) is 0 Å². The zero-order valence-corrected chi connectivity index (χ0v) is 6.06. The maximum atomic E-state index is 8.36. The van der Waals surface area contributed by atoms with E-state index in [4.69, 9.17) is 11.0 Å². The zero-order valence-electron chi connectivity index (χ0n) is 6.06. The molecule has 11 heavy (non-hydrogen) atoms. The number of hydrogen-bond acceptors (Lipinski definition) is 4. The molecule has 0 saturated carbocycles. The molecule has 0 amide bonds. The smallest absolute Gasteiger partial charge is 0.252 e. The molecule has 0 atom stereocenters. The maximum Gasteiger partial charge on any atom is 0.252 e. The summed E-state index contributed by atoms with van der Waals surface area (Å²) in [6, 6.07) is 1.85. The highest BCUT2D eigenvalue weighted by Crippen LogP contribution is 1.88. The van der Waals surface area contributed by atoms with Crippen molar-refractivity contribution in [3.8, 4) is 6.07 Å². The van der Waals surface area contributed by atoms with E-state index in [-0.39, 0.29) is 5.82 Å². The highest BCUT2D eigenvalue weighted by atomic mass is 15.3. The van der Waals surface area contributed by atoms with E-state index < -0.39 is 0 Å². The third kappa shape index (κ3) is 2.02.